The van der Waals surface area contributed by atoms with Crippen molar-refractivity contribution in [1.82, 2.24) is 9.38 Å². The molecule has 0 aliphatic rings. The highest BCUT2D eigenvalue weighted by Gasteiger charge is 2.34. The molecule has 0 spiro atoms. The number of aromatic nitrogens is 2. The van der Waals surface area contributed by atoms with Gasteiger partial charge in [0.25, 0.3) is 0 Å². The van der Waals surface area contributed by atoms with Crippen molar-refractivity contribution in [3.05, 3.63) is 34.2 Å². The molecule has 0 saturated heterocycles. The number of alkyl halides is 3. The maximum atomic E-state index is 12.7. The lowest BCUT2D eigenvalue weighted by molar-refractivity contribution is -0.136. The van der Waals surface area contributed by atoms with E-state index in [0.717, 1.165) is 16.7 Å². The molecule has 0 fully saturated rings. The number of hydrogen-bond donors (Lipinski definition) is 0. The van der Waals surface area contributed by atoms with Crippen LogP contribution in [0.2, 0.25) is 0 Å². The van der Waals surface area contributed by atoms with Crippen molar-refractivity contribution < 1.29 is 18.0 Å². The molecule has 2 rings (SSSR count). The van der Waals surface area contributed by atoms with Gasteiger partial charge < -0.3 is 0 Å². The molecule has 0 radical (unpaired) electrons. The van der Waals surface area contributed by atoms with E-state index >= 15 is 0 Å². The van der Waals surface area contributed by atoms with Crippen LogP contribution in [-0.2, 0) is 6.18 Å². The highest BCUT2D eigenvalue weighted by molar-refractivity contribution is 9.10. The number of fused-ring (bicyclic) bond motifs is 1. The van der Waals surface area contributed by atoms with Gasteiger partial charge in [0.15, 0.2) is 5.78 Å². The summed E-state index contributed by atoms with van der Waals surface area (Å²) >= 11 is 2.98. The molecule has 17 heavy (non-hydrogen) atoms. The lowest BCUT2D eigenvalue weighted by Crippen LogP contribution is -2.09. The van der Waals surface area contributed by atoms with Crippen LogP contribution in [0.5, 0.6) is 0 Å². The summed E-state index contributed by atoms with van der Waals surface area (Å²) < 4.78 is 39.6. The van der Waals surface area contributed by atoms with Crippen molar-refractivity contribution in [2.24, 2.45) is 0 Å². The highest BCUT2D eigenvalue weighted by Crippen LogP contribution is 2.34. The van der Waals surface area contributed by atoms with Gasteiger partial charge in [0.05, 0.1) is 11.8 Å². The Morgan fingerprint density at radius 3 is 2.65 bits per heavy atom. The van der Waals surface area contributed by atoms with Gasteiger partial charge >= 0.3 is 6.18 Å². The van der Waals surface area contributed by atoms with Crippen molar-refractivity contribution in [3.8, 4) is 0 Å². The van der Waals surface area contributed by atoms with Crippen LogP contribution in [0, 0.1) is 0 Å². The van der Waals surface area contributed by atoms with Crippen molar-refractivity contribution in [2.45, 2.75) is 13.1 Å². The maximum absolute atomic E-state index is 12.7. The Bertz CT molecular complexity index is 603. The molecule has 2 aromatic rings. The SMILES string of the molecule is CC(=O)c1cnc2c(C(F)(F)F)cc(Br)cn12. The number of imidazole rings is 1. The number of carbonyl (C=O) groups is 1. The fourth-order valence-electron chi connectivity index (χ4n) is 1.52. The minimum atomic E-state index is -4.51. The second-order valence-electron chi connectivity index (χ2n) is 3.46. The first-order chi connectivity index (χ1) is 7.80. The number of nitrogens with zero attached hydrogens (tertiary/aromatic N) is 2. The van der Waals surface area contributed by atoms with E-state index in [1.54, 1.807) is 0 Å². The van der Waals surface area contributed by atoms with Gasteiger partial charge in [-0.05, 0) is 22.0 Å². The van der Waals surface area contributed by atoms with Gasteiger partial charge in [-0.25, -0.2) is 4.98 Å². The Labute approximate surface area is 102 Å². The average molecular weight is 307 g/mol. The summed E-state index contributed by atoms with van der Waals surface area (Å²) in [5, 5.41) is 0. The van der Waals surface area contributed by atoms with E-state index in [4.69, 9.17) is 0 Å². The first-order valence-electron chi connectivity index (χ1n) is 4.55. The Hall–Kier alpha value is -1.37. The number of rotatable bonds is 1. The van der Waals surface area contributed by atoms with E-state index in [-0.39, 0.29) is 21.6 Å². The van der Waals surface area contributed by atoms with Gasteiger partial charge in [0.1, 0.15) is 11.3 Å². The van der Waals surface area contributed by atoms with Crippen LogP contribution < -0.4 is 0 Å². The smallest absolute Gasteiger partial charge is 0.295 e. The number of pyridine rings is 1. The van der Waals surface area contributed by atoms with Gasteiger partial charge in [-0.15, -0.1) is 0 Å². The largest absolute Gasteiger partial charge is 0.420 e. The fraction of sp³-hybridized carbons (Fsp3) is 0.200. The summed E-state index contributed by atoms with van der Waals surface area (Å²) in [6.45, 7) is 1.28. The molecular formula is C10H6BrF3N2O. The monoisotopic (exact) mass is 306 g/mol. The van der Waals surface area contributed by atoms with Crippen molar-refractivity contribution in [2.75, 3.05) is 0 Å². The van der Waals surface area contributed by atoms with E-state index < -0.39 is 11.7 Å². The number of Topliss-reactive ketones (excluding diaryl/α,β-unsaturated/α-hetero) is 1. The number of hydrogen-bond acceptors (Lipinski definition) is 2. The van der Waals surface area contributed by atoms with E-state index in [1.807, 2.05) is 0 Å². The van der Waals surface area contributed by atoms with Crippen molar-refractivity contribution in [1.29, 1.82) is 0 Å². The molecule has 0 atom stereocenters. The Kier molecular flexibility index (Phi) is 2.73. The zero-order valence-electron chi connectivity index (χ0n) is 8.55. The summed E-state index contributed by atoms with van der Waals surface area (Å²) in [6, 6.07) is 0.937. The number of carbonyl (C=O) groups excluding carboxylic acids is 1. The van der Waals surface area contributed by atoms with Gasteiger partial charge in [-0.1, -0.05) is 0 Å². The molecule has 0 amide bonds. The van der Waals surface area contributed by atoms with Crippen LogP contribution in [-0.4, -0.2) is 15.2 Å². The van der Waals surface area contributed by atoms with Gasteiger partial charge in [-0.2, -0.15) is 13.2 Å². The van der Waals surface area contributed by atoms with E-state index in [1.165, 1.54) is 13.1 Å². The molecule has 2 aromatic heterocycles. The first-order valence-corrected chi connectivity index (χ1v) is 5.34. The summed E-state index contributed by atoms with van der Waals surface area (Å²) in [5.74, 6) is -0.344. The molecule has 0 saturated carbocycles. The molecule has 0 aromatic carbocycles. The Morgan fingerprint density at radius 1 is 1.47 bits per heavy atom. The van der Waals surface area contributed by atoms with Gasteiger partial charge in [0.2, 0.25) is 0 Å². The normalized spacial score (nSPS) is 12.1. The standard InChI is InChI=1S/C10H6BrF3N2O/c1-5(17)8-3-15-9-7(10(12,13)14)2-6(11)4-16(8)9/h2-4H,1H3. The minimum Gasteiger partial charge on any atom is -0.295 e. The van der Waals surface area contributed by atoms with E-state index in [2.05, 4.69) is 20.9 Å². The molecule has 7 heteroatoms. The first kappa shape index (κ1) is 12.1. The maximum Gasteiger partial charge on any atom is 0.420 e. The highest BCUT2D eigenvalue weighted by atomic mass is 79.9. The van der Waals surface area contributed by atoms with Crippen LogP contribution in [0.25, 0.3) is 5.65 Å². The van der Waals surface area contributed by atoms with Crippen LogP contribution in [0.1, 0.15) is 23.0 Å². The molecule has 0 unspecified atom stereocenters. The zero-order chi connectivity index (χ0) is 12.8. The van der Waals surface area contributed by atoms with E-state index in [0.29, 0.717) is 0 Å². The van der Waals surface area contributed by atoms with Crippen LogP contribution in [0.15, 0.2) is 22.9 Å². The lowest BCUT2D eigenvalue weighted by atomic mass is 10.2. The molecule has 2 heterocycles. The molecule has 3 nitrogen and oxygen atoms in total. The second kappa shape index (κ2) is 3.83. The van der Waals surface area contributed by atoms with Crippen LogP contribution in [0.3, 0.4) is 0 Å². The summed E-state index contributed by atoms with van der Waals surface area (Å²) in [4.78, 5) is 14.9. The molecular weight excluding hydrogens is 301 g/mol. The molecule has 0 N–H and O–H groups in total. The fourth-order valence-corrected chi connectivity index (χ4v) is 1.96. The summed E-state index contributed by atoms with van der Waals surface area (Å²) in [5.41, 5.74) is -1.03. The van der Waals surface area contributed by atoms with E-state index in [9.17, 15) is 18.0 Å². The Morgan fingerprint density at radius 2 is 2.12 bits per heavy atom. The predicted molar refractivity (Wildman–Crippen MR) is 57.9 cm³/mol. The minimum absolute atomic E-state index is 0.117. The third-order valence-electron chi connectivity index (χ3n) is 2.24. The number of ketones is 1. The molecule has 90 valence electrons. The topological polar surface area (TPSA) is 34.4 Å². The third kappa shape index (κ3) is 2.06. The summed E-state index contributed by atoms with van der Waals surface area (Å²) in [7, 11) is 0. The van der Waals surface area contributed by atoms with Gasteiger partial charge in [0, 0.05) is 17.6 Å². The van der Waals surface area contributed by atoms with Crippen LogP contribution >= 0.6 is 15.9 Å². The number of halogens is 4. The quantitative estimate of drug-likeness (QED) is 0.758. The van der Waals surface area contributed by atoms with Crippen molar-refractivity contribution in [3.63, 3.8) is 0 Å². The van der Waals surface area contributed by atoms with Crippen molar-refractivity contribution >= 4 is 27.4 Å². The van der Waals surface area contributed by atoms with Crippen LogP contribution in [0.4, 0.5) is 13.2 Å². The second-order valence-corrected chi connectivity index (χ2v) is 4.38. The molecule has 0 aliphatic carbocycles. The zero-order valence-corrected chi connectivity index (χ0v) is 10.1. The average Bonchev–Trinajstić information content (AvgIpc) is 2.57. The van der Waals surface area contributed by atoms with Gasteiger partial charge in [-0.3, -0.25) is 9.20 Å². The third-order valence-corrected chi connectivity index (χ3v) is 2.67. The lowest BCUT2D eigenvalue weighted by Gasteiger charge is -2.09. The molecule has 0 aliphatic heterocycles. The predicted octanol–water partition coefficient (Wildman–Crippen LogP) is 3.32. The molecule has 0 bridgehead atoms. The summed E-state index contributed by atoms with van der Waals surface area (Å²) in [6.07, 6.45) is -1.99. The Balaban J connectivity index is 2.84.